The average Bonchev–Trinajstić information content (AvgIpc) is 2.76. The summed E-state index contributed by atoms with van der Waals surface area (Å²) in [6.45, 7) is 7.66. The minimum atomic E-state index is -0.353. The van der Waals surface area contributed by atoms with Gasteiger partial charge < -0.3 is 14.2 Å². The van der Waals surface area contributed by atoms with Crippen molar-refractivity contribution in [3.05, 3.63) is 97.7 Å². The van der Waals surface area contributed by atoms with Crippen LogP contribution in [0.1, 0.15) is 5.56 Å². The molecule has 0 radical (unpaired) electrons. The fraction of sp³-hybridized carbons (Fsp3) is 0.0800. The summed E-state index contributed by atoms with van der Waals surface area (Å²) >= 11 is 0. The van der Waals surface area contributed by atoms with Gasteiger partial charge in [-0.2, -0.15) is 0 Å². The number of benzene rings is 3. The number of carbonyl (C=O) groups excluding carboxylic acids is 1. The van der Waals surface area contributed by atoms with Crippen molar-refractivity contribution in [1.29, 1.82) is 0 Å². The maximum absolute atomic E-state index is 15.1. The van der Waals surface area contributed by atoms with Crippen molar-refractivity contribution in [2.45, 2.75) is 6.42 Å². The third kappa shape index (κ3) is 4.94. The zero-order valence-electron chi connectivity index (χ0n) is 16.3. The third-order valence-electron chi connectivity index (χ3n) is 4.52. The lowest BCUT2D eigenvalue weighted by molar-refractivity contribution is -0.128. The molecule has 0 aromatic heterocycles. The molecule has 0 aliphatic heterocycles. The number of carbonyl (C=O) groups is 1. The zero-order valence-corrected chi connectivity index (χ0v) is 16.3. The van der Waals surface area contributed by atoms with Crippen LogP contribution in [0.25, 0.3) is 22.3 Å². The molecule has 4 nitrogen and oxygen atoms in total. The van der Waals surface area contributed by atoms with Crippen LogP contribution in [-0.4, -0.2) is 13.1 Å². The van der Waals surface area contributed by atoms with Crippen molar-refractivity contribution in [1.82, 2.24) is 0 Å². The van der Waals surface area contributed by atoms with Crippen LogP contribution in [0, 0.1) is 5.82 Å². The lowest BCUT2D eigenvalue weighted by Crippen LogP contribution is -2.01. The van der Waals surface area contributed by atoms with Crippen molar-refractivity contribution in [2.24, 2.45) is 0 Å². The molecular weight excluding hydrogens is 383 g/mol. The van der Waals surface area contributed by atoms with Gasteiger partial charge in [-0.3, -0.25) is 4.79 Å². The molecule has 0 amide bonds. The molecular formula is C25H21FO4. The second-order valence-corrected chi connectivity index (χ2v) is 6.32. The van der Waals surface area contributed by atoms with Crippen molar-refractivity contribution in [2.75, 3.05) is 6.61 Å². The molecule has 0 bridgehead atoms. The molecule has 0 atom stereocenters. The summed E-state index contributed by atoms with van der Waals surface area (Å²) in [5.74, 6) is 0.902. The molecule has 0 unspecified atom stereocenters. The highest BCUT2D eigenvalue weighted by atomic mass is 19.1. The van der Waals surface area contributed by atoms with Crippen LogP contribution < -0.4 is 9.47 Å². The maximum Gasteiger partial charge on any atom is 0.293 e. The molecule has 5 heteroatoms. The van der Waals surface area contributed by atoms with Gasteiger partial charge in [0.15, 0.2) is 0 Å². The van der Waals surface area contributed by atoms with Gasteiger partial charge in [-0.05, 0) is 58.7 Å². The molecule has 0 saturated heterocycles. The van der Waals surface area contributed by atoms with Gasteiger partial charge in [-0.15, -0.1) is 0 Å². The van der Waals surface area contributed by atoms with E-state index in [9.17, 15) is 4.79 Å². The number of hydrogen-bond donors (Lipinski definition) is 0. The number of rotatable bonds is 10. The SMILES string of the molecule is C=COc1ccc(-c2cc(CCOC=O)c(-c3ccc(OC=C)cc3)cc2F)cc1. The molecule has 0 spiro atoms. The minimum absolute atomic E-state index is 0.200. The molecule has 0 fully saturated rings. The highest BCUT2D eigenvalue weighted by molar-refractivity contribution is 5.75. The summed E-state index contributed by atoms with van der Waals surface area (Å²) < 4.78 is 30.4. The average molecular weight is 404 g/mol. The molecule has 152 valence electrons. The van der Waals surface area contributed by atoms with Crippen molar-refractivity contribution < 1.29 is 23.4 Å². The Morgan fingerprint density at radius 2 is 1.33 bits per heavy atom. The second kappa shape index (κ2) is 10.1. The number of ether oxygens (including phenoxy) is 3. The Balaban J connectivity index is 2.01. The quantitative estimate of drug-likeness (QED) is 0.239. The van der Waals surface area contributed by atoms with Gasteiger partial charge in [0.25, 0.3) is 6.47 Å². The van der Waals surface area contributed by atoms with E-state index in [4.69, 9.17) is 14.2 Å². The van der Waals surface area contributed by atoms with Gasteiger partial charge >= 0.3 is 0 Å². The zero-order chi connectivity index (χ0) is 21.3. The Labute approximate surface area is 174 Å². The minimum Gasteiger partial charge on any atom is -0.468 e. The Bertz CT molecular complexity index is 1020. The summed E-state index contributed by atoms with van der Waals surface area (Å²) in [7, 11) is 0. The predicted octanol–water partition coefficient (Wildman–Crippen LogP) is 5.92. The predicted molar refractivity (Wildman–Crippen MR) is 115 cm³/mol. The number of halogens is 1. The summed E-state index contributed by atoms with van der Waals surface area (Å²) in [5.41, 5.74) is 3.58. The summed E-state index contributed by atoms with van der Waals surface area (Å²) in [5, 5.41) is 0. The van der Waals surface area contributed by atoms with E-state index in [1.807, 2.05) is 12.1 Å². The first-order valence-electron chi connectivity index (χ1n) is 9.30. The highest BCUT2D eigenvalue weighted by Crippen LogP contribution is 2.33. The Hall–Kier alpha value is -3.86. The maximum atomic E-state index is 15.1. The fourth-order valence-electron chi connectivity index (χ4n) is 3.15. The van der Waals surface area contributed by atoms with Gasteiger partial charge in [-0.1, -0.05) is 37.4 Å². The number of hydrogen-bond acceptors (Lipinski definition) is 4. The molecule has 3 aromatic carbocycles. The Morgan fingerprint density at radius 1 is 0.800 bits per heavy atom. The molecule has 0 aliphatic rings. The lowest BCUT2D eigenvalue weighted by atomic mass is 9.93. The van der Waals surface area contributed by atoms with Crippen LogP contribution in [0.15, 0.2) is 86.3 Å². The van der Waals surface area contributed by atoms with E-state index in [-0.39, 0.29) is 12.4 Å². The van der Waals surface area contributed by atoms with E-state index >= 15 is 4.39 Å². The van der Waals surface area contributed by atoms with Gasteiger partial charge in [0, 0.05) is 12.0 Å². The summed E-state index contributed by atoms with van der Waals surface area (Å²) in [4.78, 5) is 10.6. The Kier molecular flexibility index (Phi) is 7.00. The van der Waals surface area contributed by atoms with E-state index in [0.29, 0.717) is 35.5 Å². The monoisotopic (exact) mass is 404 g/mol. The molecule has 3 rings (SSSR count). The Morgan fingerprint density at radius 3 is 1.83 bits per heavy atom. The van der Waals surface area contributed by atoms with Gasteiger partial charge in [-0.25, -0.2) is 4.39 Å². The van der Waals surface area contributed by atoms with Crippen molar-refractivity contribution in [3.63, 3.8) is 0 Å². The van der Waals surface area contributed by atoms with Crippen LogP contribution in [0.2, 0.25) is 0 Å². The standard InChI is InChI=1S/C25H21FO4/c1-3-29-21-9-5-18(6-10-21)23-16-25(26)24(15-20(23)13-14-28-17-27)19-7-11-22(12-8-19)30-4-2/h3-12,15-17H,1-2,13-14H2. The van der Waals surface area contributed by atoms with E-state index < -0.39 is 0 Å². The van der Waals surface area contributed by atoms with Gasteiger partial charge in [0.05, 0.1) is 19.1 Å². The summed E-state index contributed by atoms with van der Waals surface area (Å²) in [6, 6.07) is 17.6. The molecule has 30 heavy (non-hydrogen) atoms. The molecule has 3 aromatic rings. The van der Waals surface area contributed by atoms with Crippen molar-refractivity contribution in [3.8, 4) is 33.8 Å². The van der Waals surface area contributed by atoms with Crippen molar-refractivity contribution >= 4 is 6.47 Å². The largest absolute Gasteiger partial charge is 0.468 e. The molecule has 0 heterocycles. The highest BCUT2D eigenvalue weighted by Gasteiger charge is 2.14. The third-order valence-corrected chi connectivity index (χ3v) is 4.52. The fourth-order valence-corrected chi connectivity index (χ4v) is 3.15. The first-order chi connectivity index (χ1) is 14.7. The van der Waals surface area contributed by atoms with Crippen LogP contribution in [0.4, 0.5) is 4.39 Å². The van der Waals surface area contributed by atoms with Gasteiger partial charge in [0.2, 0.25) is 0 Å². The normalized spacial score (nSPS) is 10.2. The summed E-state index contributed by atoms with van der Waals surface area (Å²) in [6.07, 6.45) is 3.13. The van der Waals surface area contributed by atoms with E-state index in [1.54, 1.807) is 42.5 Å². The lowest BCUT2D eigenvalue weighted by Gasteiger charge is -2.14. The van der Waals surface area contributed by atoms with E-state index in [2.05, 4.69) is 13.2 Å². The van der Waals surface area contributed by atoms with E-state index in [0.717, 1.165) is 16.7 Å². The molecule has 0 saturated carbocycles. The second-order valence-electron chi connectivity index (χ2n) is 6.32. The smallest absolute Gasteiger partial charge is 0.293 e. The van der Waals surface area contributed by atoms with Crippen LogP contribution in [0.5, 0.6) is 11.5 Å². The first-order valence-corrected chi connectivity index (χ1v) is 9.30. The molecule has 0 aliphatic carbocycles. The topological polar surface area (TPSA) is 44.8 Å². The van der Waals surface area contributed by atoms with Crippen LogP contribution >= 0.6 is 0 Å². The van der Waals surface area contributed by atoms with Crippen LogP contribution in [-0.2, 0) is 16.0 Å². The van der Waals surface area contributed by atoms with Gasteiger partial charge in [0.1, 0.15) is 17.3 Å². The van der Waals surface area contributed by atoms with Crippen LogP contribution in [0.3, 0.4) is 0 Å². The molecule has 0 N–H and O–H groups in total. The van der Waals surface area contributed by atoms with E-state index in [1.165, 1.54) is 18.6 Å². The first kappa shape index (κ1) is 20.9.